The normalized spacial score (nSPS) is 12.7. The van der Waals surface area contributed by atoms with Gasteiger partial charge >= 0.3 is 0 Å². The van der Waals surface area contributed by atoms with Gasteiger partial charge in [-0.1, -0.05) is 23.7 Å². The first-order valence-electron chi connectivity index (χ1n) is 10.3. The first-order chi connectivity index (χ1) is 15.0. The lowest BCUT2D eigenvalue weighted by Gasteiger charge is -2.14. The van der Waals surface area contributed by atoms with E-state index in [1.54, 1.807) is 6.20 Å². The number of ether oxygens (including phenoxy) is 1. The molecule has 0 fully saturated rings. The van der Waals surface area contributed by atoms with Crippen LogP contribution in [0.3, 0.4) is 0 Å². The van der Waals surface area contributed by atoms with Crippen molar-refractivity contribution in [3.8, 4) is 17.0 Å². The predicted octanol–water partition coefficient (Wildman–Crippen LogP) is 4.58. The van der Waals surface area contributed by atoms with E-state index >= 15 is 0 Å². The van der Waals surface area contributed by atoms with Crippen LogP contribution in [0.2, 0.25) is 5.02 Å². The summed E-state index contributed by atoms with van der Waals surface area (Å²) in [6, 6.07) is 13.8. The Labute approximate surface area is 187 Å². The number of anilines is 1. The van der Waals surface area contributed by atoms with Crippen molar-refractivity contribution in [1.29, 1.82) is 0 Å². The van der Waals surface area contributed by atoms with Gasteiger partial charge in [-0.15, -0.1) is 0 Å². The summed E-state index contributed by atoms with van der Waals surface area (Å²) in [4.78, 5) is 15.4. The van der Waals surface area contributed by atoms with Crippen molar-refractivity contribution >= 4 is 28.9 Å². The molecule has 1 aromatic heterocycles. The van der Waals surface area contributed by atoms with Gasteiger partial charge in [0.05, 0.1) is 18.0 Å². The molecule has 4 rings (SSSR count). The molecule has 1 aliphatic rings. The van der Waals surface area contributed by atoms with Gasteiger partial charge in [0, 0.05) is 47.4 Å². The zero-order valence-corrected chi connectivity index (χ0v) is 18.6. The van der Waals surface area contributed by atoms with Gasteiger partial charge in [0.2, 0.25) is 5.95 Å². The Morgan fingerprint density at radius 2 is 2.03 bits per heavy atom. The van der Waals surface area contributed by atoms with Gasteiger partial charge < -0.3 is 15.4 Å². The minimum atomic E-state index is 0.247. The summed E-state index contributed by atoms with van der Waals surface area (Å²) in [5, 5.41) is 0.738. The molecule has 31 heavy (non-hydrogen) atoms. The first kappa shape index (κ1) is 21.3. The first-order valence-corrected chi connectivity index (χ1v) is 10.7. The van der Waals surface area contributed by atoms with Gasteiger partial charge in [0.1, 0.15) is 5.75 Å². The Morgan fingerprint density at radius 3 is 2.81 bits per heavy atom. The molecule has 0 unspecified atom stereocenters. The number of benzene rings is 2. The van der Waals surface area contributed by atoms with E-state index in [9.17, 15) is 0 Å². The maximum Gasteiger partial charge on any atom is 0.220 e. The van der Waals surface area contributed by atoms with Crippen LogP contribution < -0.4 is 10.5 Å². The quantitative estimate of drug-likeness (QED) is 0.524. The van der Waals surface area contributed by atoms with Crippen molar-refractivity contribution in [2.75, 3.05) is 33.0 Å². The van der Waals surface area contributed by atoms with Crippen LogP contribution in [0.25, 0.3) is 11.3 Å². The number of aliphatic imine (C=N–C) groups is 1. The Kier molecular flexibility index (Phi) is 6.49. The molecule has 0 saturated carbocycles. The van der Waals surface area contributed by atoms with Crippen LogP contribution in [-0.2, 0) is 12.8 Å². The van der Waals surface area contributed by atoms with Crippen molar-refractivity contribution < 1.29 is 4.74 Å². The fourth-order valence-corrected chi connectivity index (χ4v) is 3.89. The minimum absolute atomic E-state index is 0.247. The van der Waals surface area contributed by atoms with E-state index in [1.807, 2.05) is 30.3 Å². The molecule has 3 aromatic rings. The van der Waals surface area contributed by atoms with Crippen molar-refractivity contribution in [3.05, 3.63) is 64.8 Å². The summed E-state index contributed by atoms with van der Waals surface area (Å²) in [5.41, 5.74) is 11.8. The van der Waals surface area contributed by atoms with Crippen LogP contribution >= 0.6 is 11.6 Å². The smallest absolute Gasteiger partial charge is 0.220 e. The summed E-state index contributed by atoms with van der Waals surface area (Å²) in [6.07, 6.45) is 4.13. The van der Waals surface area contributed by atoms with E-state index < -0.39 is 0 Å². The van der Waals surface area contributed by atoms with Gasteiger partial charge in [-0.25, -0.2) is 9.97 Å². The van der Waals surface area contributed by atoms with E-state index in [0.29, 0.717) is 6.61 Å². The number of aromatic nitrogens is 2. The summed E-state index contributed by atoms with van der Waals surface area (Å²) in [7, 11) is 4.13. The van der Waals surface area contributed by atoms with Crippen LogP contribution in [-0.4, -0.2) is 47.8 Å². The summed E-state index contributed by atoms with van der Waals surface area (Å²) >= 11 is 6.15. The van der Waals surface area contributed by atoms with Crippen molar-refractivity contribution in [2.24, 2.45) is 4.99 Å². The Balaban J connectivity index is 1.62. The molecule has 6 nitrogen and oxygen atoms in total. The minimum Gasteiger partial charge on any atom is -0.493 e. The molecule has 0 spiro atoms. The van der Waals surface area contributed by atoms with E-state index in [0.717, 1.165) is 70.4 Å². The lowest BCUT2D eigenvalue weighted by molar-refractivity contribution is 0.280. The number of hydrogen-bond acceptors (Lipinski definition) is 6. The standard InChI is InChI=1S/C24H26ClN5O/c1-30(2)9-4-10-31-23-14-17(21-7-8-27-24(26)29-21)13-22-20(23)15-19(28-22)12-16-5-3-6-18(25)11-16/h3,5-8,11,13-14H,4,9-10,12,15H2,1-2H3,(H2,26,27,29). The maximum atomic E-state index is 6.21. The Morgan fingerprint density at radius 1 is 1.16 bits per heavy atom. The predicted molar refractivity (Wildman–Crippen MR) is 127 cm³/mol. The van der Waals surface area contributed by atoms with Gasteiger partial charge in [-0.3, -0.25) is 4.99 Å². The molecule has 7 heteroatoms. The highest BCUT2D eigenvalue weighted by Crippen LogP contribution is 2.39. The Hall–Kier alpha value is -2.96. The molecule has 2 N–H and O–H groups in total. The van der Waals surface area contributed by atoms with Gasteiger partial charge in [-0.2, -0.15) is 0 Å². The van der Waals surface area contributed by atoms with Crippen LogP contribution in [0.15, 0.2) is 53.7 Å². The zero-order valence-electron chi connectivity index (χ0n) is 17.8. The van der Waals surface area contributed by atoms with Gasteiger partial charge in [0.15, 0.2) is 0 Å². The van der Waals surface area contributed by atoms with Crippen LogP contribution in [0.4, 0.5) is 11.6 Å². The SMILES string of the molecule is CN(C)CCCOc1cc(-c2ccnc(N)n2)cc2c1CC(Cc1cccc(Cl)c1)=N2. The number of fused-ring (bicyclic) bond motifs is 1. The number of rotatable bonds is 8. The van der Waals surface area contributed by atoms with Crippen LogP contribution in [0.1, 0.15) is 17.5 Å². The number of nitrogens with zero attached hydrogens (tertiary/aromatic N) is 4. The second kappa shape index (κ2) is 9.45. The molecule has 1 aliphatic heterocycles. The molecule has 0 atom stereocenters. The molecule has 160 valence electrons. The lowest BCUT2D eigenvalue weighted by Crippen LogP contribution is -2.15. The fraction of sp³-hybridized carbons (Fsp3) is 0.292. The van der Waals surface area contributed by atoms with Crippen molar-refractivity contribution in [1.82, 2.24) is 14.9 Å². The monoisotopic (exact) mass is 435 g/mol. The largest absolute Gasteiger partial charge is 0.493 e. The average Bonchev–Trinajstić information content (AvgIpc) is 3.13. The van der Waals surface area contributed by atoms with E-state index in [-0.39, 0.29) is 5.95 Å². The molecule has 0 radical (unpaired) electrons. The molecular formula is C24H26ClN5O. The van der Waals surface area contributed by atoms with E-state index in [4.69, 9.17) is 27.1 Å². The topological polar surface area (TPSA) is 76.6 Å². The molecule has 0 aliphatic carbocycles. The Bertz CT molecular complexity index is 1110. The summed E-state index contributed by atoms with van der Waals surface area (Å²) in [5.74, 6) is 1.10. The molecule has 2 heterocycles. The van der Waals surface area contributed by atoms with E-state index in [1.165, 1.54) is 0 Å². The van der Waals surface area contributed by atoms with Gasteiger partial charge in [-0.05, 0) is 56.4 Å². The fourth-order valence-electron chi connectivity index (χ4n) is 3.68. The third-order valence-electron chi connectivity index (χ3n) is 5.12. The average molecular weight is 436 g/mol. The summed E-state index contributed by atoms with van der Waals surface area (Å²) in [6.45, 7) is 1.62. The molecule has 0 amide bonds. The lowest BCUT2D eigenvalue weighted by atomic mass is 10.0. The molecular weight excluding hydrogens is 410 g/mol. The number of hydrogen-bond donors (Lipinski definition) is 1. The van der Waals surface area contributed by atoms with Crippen molar-refractivity contribution in [3.63, 3.8) is 0 Å². The number of halogens is 1. The number of nitrogens with two attached hydrogens (primary N) is 1. The maximum absolute atomic E-state index is 6.21. The highest BCUT2D eigenvalue weighted by atomic mass is 35.5. The highest BCUT2D eigenvalue weighted by Gasteiger charge is 2.21. The molecule has 0 saturated heterocycles. The highest BCUT2D eigenvalue weighted by molar-refractivity contribution is 6.30. The van der Waals surface area contributed by atoms with Crippen molar-refractivity contribution in [2.45, 2.75) is 19.3 Å². The van der Waals surface area contributed by atoms with E-state index in [2.05, 4.69) is 41.1 Å². The zero-order chi connectivity index (χ0) is 21.8. The second-order valence-electron chi connectivity index (χ2n) is 7.94. The van der Waals surface area contributed by atoms with Gasteiger partial charge in [0.25, 0.3) is 0 Å². The molecule has 0 bridgehead atoms. The third kappa shape index (κ3) is 5.40. The third-order valence-corrected chi connectivity index (χ3v) is 5.35. The second-order valence-corrected chi connectivity index (χ2v) is 8.38. The molecule has 2 aromatic carbocycles. The van der Waals surface area contributed by atoms with Crippen LogP contribution in [0.5, 0.6) is 5.75 Å². The number of nitrogen functional groups attached to an aromatic ring is 1. The summed E-state index contributed by atoms with van der Waals surface area (Å²) < 4.78 is 6.21. The van der Waals surface area contributed by atoms with Crippen LogP contribution in [0, 0.1) is 0 Å².